The molecule has 0 fully saturated rings. The molecule has 0 aliphatic rings. The number of amides is 1. The zero-order valence-corrected chi connectivity index (χ0v) is 9.65. The van der Waals surface area contributed by atoms with Crippen LogP contribution in [0.5, 0.6) is 0 Å². The molecule has 1 aromatic rings. The van der Waals surface area contributed by atoms with Crippen molar-refractivity contribution in [1.29, 1.82) is 0 Å². The van der Waals surface area contributed by atoms with E-state index in [4.69, 9.17) is 10.5 Å². The first-order chi connectivity index (χ1) is 8.13. The molecule has 0 bridgehead atoms. The van der Waals surface area contributed by atoms with Gasteiger partial charge in [0, 0.05) is 25.9 Å². The Bertz CT molecular complexity index is 373. The minimum absolute atomic E-state index is 0.120. The number of halogens is 1. The smallest absolute Gasteiger partial charge is 0.252 e. The predicted octanol–water partition coefficient (Wildman–Crippen LogP) is 0.314. The normalized spacial score (nSPS) is 12.2. The molecule has 0 aromatic carbocycles. The lowest BCUT2D eigenvalue weighted by atomic mass is 10.2. The summed E-state index contributed by atoms with van der Waals surface area (Å²) in [5.41, 5.74) is 5.88. The summed E-state index contributed by atoms with van der Waals surface area (Å²) < 4.78 is 17.7. The van der Waals surface area contributed by atoms with E-state index in [2.05, 4.69) is 10.3 Å². The van der Waals surface area contributed by atoms with E-state index in [1.165, 1.54) is 6.20 Å². The van der Waals surface area contributed by atoms with Crippen LogP contribution in [0, 0.1) is 5.82 Å². The van der Waals surface area contributed by atoms with Gasteiger partial charge in [0.05, 0.1) is 18.4 Å². The maximum Gasteiger partial charge on any atom is 0.252 e. The van der Waals surface area contributed by atoms with Gasteiger partial charge in [-0.3, -0.25) is 9.78 Å². The van der Waals surface area contributed by atoms with Crippen molar-refractivity contribution < 1.29 is 13.9 Å². The second kappa shape index (κ2) is 6.93. The van der Waals surface area contributed by atoms with Crippen LogP contribution in [0.2, 0.25) is 0 Å². The van der Waals surface area contributed by atoms with Crippen LogP contribution in [-0.2, 0) is 4.74 Å². The molecule has 0 aliphatic heterocycles. The van der Waals surface area contributed by atoms with Crippen LogP contribution in [0.25, 0.3) is 0 Å². The van der Waals surface area contributed by atoms with Crippen LogP contribution in [0.4, 0.5) is 4.39 Å². The standard InChI is InChI=1S/C11H16FN3O2/c1-17-7-10(13)2-3-15-11(16)8-4-9(12)6-14-5-8/h4-6,10H,2-3,7,13H2,1H3,(H,15,16). The summed E-state index contributed by atoms with van der Waals surface area (Å²) in [5.74, 6) is -0.893. The van der Waals surface area contributed by atoms with Gasteiger partial charge >= 0.3 is 0 Å². The number of nitrogens with two attached hydrogens (primary N) is 1. The topological polar surface area (TPSA) is 77.2 Å². The molecule has 0 spiro atoms. The average Bonchev–Trinajstić information content (AvgIpc) is 2.29. The molecule has 0 saturated carbocycles. The van der Waals surface area contributed by atoms with Gasteiger partial charge < -0.3 is 15.8 Å². The molecule has 1 rings (SSSR count). The van der Waals surface area contributed by atoms with E-state index in [0.29, 0.717) is 19.6 Å². The fourth-order valence-corrected chi connectivity index (χ4v) is 1.31. The Labute approximate surface area is 99.2 Å². The lowest BCUT2D eigenvalue weighted by Gasteiger charge is -2.10. The molecule has 0 saturated heterocycles. The van der Waals surface area contributed by atoms with E-state index >= 15 is 0 Å². The quantitative estimate of drug-likeness (QED) is 0.751. The van der Waals surface area contributed by atoms with Crippen molar-refractivity contribution in [3.63, 3.8) is 0 Å². The number of hydrogen-bond donors (Lipinski definition) is 2. The van der Waals surface area contributed by atoms with E-state index in [1.54, 1.807) is 7.11 Å². The van der Waals surface area contributed by atoms with E-state index in [-0.39, 0.29) is 17.5 Å². The Kier molecular flexibility index (Phi) is 5.51. The van der Waals surface area contributed by atoms with Crippen LogP contribution in [0.15, 0.2) is 18.5 Å². The molecular formula is C11H16FN3O2. The van der Waals surface area contributed by atoms with E-state index < -0.39 is 5.82 Å². The third-order valence-electron chi connectivity index (χ3n) is 2.15. The number of hydrogen-bond acceptors (Lipinski definition) is 4. The molecule has 3 N–H and O–H groups in total. The van der Waals surface area contributed by atoms with Crippen molar-refractivity contribution in [2.75, 3.05) is 20.3 Å². The van der Waals surface area contributed by atoms with Crippen molar-refractivity contribution in [3.8, 4) is 0 Å². The molecule has 94 valence electrons. The first-order valence-corrected chi connectivity index (χ1v) is 5.26. The minimum Gasteiger partial charge on any atom is -0.383 e. The van der Waals surface area contributed by atoms with Crippen LogP contribution in [-0.4, -0.2) is 37.2 Å². The number of nitrogens with zero attached hydrogens (tertiary/aromatic N) is 1. The molecular weight excluding hydrogens is 225 g/mol. The van der Waals surface area contributed by atoms with Gasteiger partial charge in [-0.2, -0.15) is 0 Å². The molecule has 1 heterocycles. The average molecular weight is 241 g/mol. The third-order valence-corrected chi connectivity index (χ3v) is 2.15. The second-order valence-corrected chi connectivity index (χ2v) is 3.65. The number of aromatic nitrogens is 1. The summed E-state index contributed by atoms with van der Waals surface area (Å²) in [5, 5.41) is 2.63. The molecule has 0 aliphatic carbocycles. The largest absolute Gasteiger partial charge is 0.383 e. The highest BCUT2D eigenvalue weighted by molar-refractivity contribution is 5.93. The molecule has 5 nitrogen and oxygen atoms in total. The predicted molar refractivity (Wildman–Crippen MR) is 61.0 cm³/mol. The minimum atomic E-state index is -0.534. The Hall–Kier alpha value is -1.53. The van der Waals surface area contributed by atoms with Crippen LogP contribution >= 0.6 is 0 Å². The summed E-state index contributed by atoms with van der Waals surface area (Å²) >= 11 is 0. The zero-order valence-electron chi connectivity index (χ0n) is 9.65. The maximum absolute atomic E-state index is 12.8. The molecule has 1 amide bonds. The second-order valence-electron chi connectivity index (χ2n) is 3.65. The van der Waals surface area contributed by atoms with Crippen molar-refractivity contribution in [2.24, 2.45) is 5.73 Å². The van der Waals surface area contributed by atoms with Crippen molar-refractivity contribution in [1.82, 2.24) is 10.3 Å². The number of carbonyl (C=O) groups excluding carboxylic acids is 1. The van der Waals surface area contributed by atoms with Gasteiger partial charge in [0.2, 0.25) is 0 Å². The monoisotopic (exact) mass is 241 g/mol. The zero-order chi connectivity index (χ0) is 12.7. The van der Waals surface area contributed by atoms with Gasteiger partial charge in [-0.05, 0) is 12.5 Å². The van der Waals surface area contributed by atoms with Crippen molar-refractivity contribution in [2.45, 2.75) is 12.5 Å². The van der Waals surface area contributed by atoms with Crippen LogP contribution < -0.4 is 11.1 Å². The Morgan fingerprint density at radius 2 is 2.41 bits per heavy atom. The van der Waals surface area contributed by atoms with Crippen molar-refractivity contribution in [3.05, 3.63) is 29.8 Å². The number of rotatable bonds is 6. The Morgan fingerprint density at radius 3 is 3.06 bits per heavy atom. The van der Waals surface area contributed by atoms with E-state index in [1.807, 2.05) is 0 Å². The highest BCUT2D eigenvalue weighted by Gasteiger charge is 2.07. The first-order valence-electron chi connectivity index (χ1n) is 5.26. The fourth-order valence-electron chi connectivity index (χ4n) is 1.31. The number of pyridine rings is 1. The van der Waals surface area contributed by atoms with E-state index in [0.717, 1.165) is 12.3 Å². The summed E-state index contributed by atoms with van der Waals surface area (Å²) in [6.45, 7) is 0.858. The number of ether oxygens (including phenoxy) is 1. The van der Waals surface area contributed by atoms with Gasteiger partial charge in [-0.25, -0.2) is 4.39 Å². The molecule has 1 aromatic heterocycles. The summed E-state index contributed by atoms with van der Waals surface area (Å²) in [6, 6.07) is 1.02. The maximum atomic E-state index is 12.8. The number of nitrogens with one attached hydrogen (secondary N) is 1. The SMILES string of the molecule is COCC(N)CCNC(=O)c1cncc(F)c1. The van der Waals surface area contributed by atoms with Crippen molar-refractivity contribution >= 4 is 5.91 Å². The highest BCUT2D eigenvalue weighted by atomic mass is 19.1. The third kappa shape index (κ3) is 4.88. The summed E-state index contributed by atoms with van der Waals surface area (Å²) in [7, 11) is 1.57. The lowest BCUT2D eigenvalue weighted by Crippen LogP contribution is -2.32. The Balaban J connectivity index is 2.35. The van der Waals surface area contributed by atoms with Gasteiger partial charge in [0.1, 0.15) is 5.82 Å². The lowest BCUT2D eigenvalue weighted by molar-refractivity contribution is 0.0949. The summed E-state index contributed by atoms with van der Waals surface area (Å²) in [6.07, 6.45) is 2.96. The van der Waals surface area contributed by atoms with Crippen LogP contribution in [0.1, 0.15) is 16.8 Å². The summed E-state index contributed by atoms with van der Waals surface area (Å²) in [4.78, 5) is 15.1. The highest BCUT2D eigenvalue weighted by Crippen LogP contribution is 2.00. The van der Waals surface area contributed by atoms with E-state index in [9.17, 15) is 9.18 Å². The fraction of sp³-hybridized carbons (Fsp3) is 0.455. The first kappa shape index (κ1) is 13.5. The Morgan fingerprint density at radius 1 is 1.65 bits per heavy atom. The molecule has 17 heavy (non-hydrogen) atoms. The molecule has 1 atom stereocenters. The number of methoxy groups -OCH3 is 1. The number of carbonyl (C=O) groups is 1. The molecule has 6 heteroatoms. The molecule has 1 unspecified atom stereocenters. The van der Waals surface area contributed by atoms with Gasteiger partial charge in [0.25, 0.3) is 5.91 Å². The molecule has 0 radical (unpaired) electrons. The van der Waals surface area contributed by atoms with Gasteiger partial charge in [-0.15, -0.1) is 0 Å². The van der Waals surface area contributed by atoms with Gasteiger partial charge in [-0.1, -0.05) is 0 Å². The van der Waals surface area contributed by atoms with Crippen LogP contribution in [0.3, 0.4) is 0 Å². The van der Waals surface area contributed by atoms with Gasteiger partial charge in [0.15, 0.2) is 0 Å².